The molecule has 2 rings (SSSR count). The molecule has 0 aliphatic carbocycles. The summed E-state index contributed by atoms with van der Waals surface area (Å²) in [6.45, 7) is 1.25. The first-order valence-corrected chi connectivity index (χ1v) is 5.49. The molecule has 2 heteroatoms. The maximum absolute atomic E-state index is 2.47. The Kier molecular flexibility index (Phi) is 1.68. The van der Waals surface area contributed by atoms with Crippen LogP contribution in [0, 0.1) is 0 Å². The van der Waals surface area contributed by atoms with Gasteiger partial charge in [0, 0.05) is 0 Å². The predicted octanol–water partition coefficient (Wildman–Crippen LogP) is 0.865. The summed E-state index contributed by atoms with van der Waals surface area (Å²) in [6, 6.07) is 8.71. The van der Waals surface area contributed by atoms with Crippen LogP contribution in [0.25, 0.3) is 0 Å². The molecular weight excluding hydrogens is 317 g/mol. The van der Waals surface area contributed by atoms with Crippen molar-refractivity contribution in [2.24, 2.45) is 0 Å². The van der Waals surface area contributed by atoms with Gasteiger partial charge in [0.25, 0.3) is 0 Å². The van der Waals surface area contributed by atoms with E-state index in [9.17, 15) is 0 Å². The van der Waals surface area contributed by atoms with E-state index in [1.54, 1.807) is 0 Å². The van der Waals surface area contributed by atoms with Gasteiger partial charge < -0.3 is 0 Å². The molecule has 1 nitrogen and oxygen atoms in total. The molecule has 1 aromatic rings. The summed E-state index contributed by atoms with van der Waals surface area (Å²) >= 11 is 0.966. The molecule has 10 heavy (non-hydrogen) atoms. The molecule has 0 N–H and O–H groups in total. The molecule has 50 valence electrons. The first-order chi connectivity index (χ1) is 4.88. The second-order valence-corrected chi connectivity index (χ2v) is 5.00. The quantitative estimate of drug-likeness (QED) is 0.640. The number of fused-ring (bicyclic) bond motifs is 1. The van der Waals surface area contributed by atoms with Crippen molar-refractivity contribution in [2.75, 3.05) is 9.25 Å². The number of hydrogen-bond acceptors (Lipinski definition) is 1. The van der Waals surface area contributed by atoms with Gasteiger partial charge in [-0.3, -0.25) is 0 Å². The van der Waals surface area contributed by atoms with Crippen molar-refractivity contribution in [3.63, 3.8) is 0 Å². The van der Waals surface area contributed by atoms with E-state index in [4.69, 9.17) is 0 Å². The Morgan fingerprint density at radius 1 is 1.30 bits per heavy atom. The summed E-state index contributed by atoms with van der Waals surface area (Å²) in [6.07, 6.45) is 1.26. The second-order valence-electron chi connectivity index (χ2n) is 2.57. The monoisotopic (exact) mass is 327 g/mol. The van der Waals surface area contributed by atoms with Gasteiger partial charge >= 0.3 is 77.3 Å². The van der Waals surface area contributed by atoms with Crippen LogP contribution in [0.1, 0.15) is 5.56 Å². The van der Waals surface area contributed by atoms with E-state index < -0.39 is 0 Å². The van der Waals surface area contributed by atoms with Gasteiger partial charge in [0.05, 0.1) is 0 Å². The van der Waals surface area contributed by atoms with Crippen molar-refractivity contribution in [3.8, 4) is 0 Å². The van der Waals surface area contributed by atoms with E-state index in [0.29, 0.717) is 0 Å². The minimum absolute atomic E-state index is 0.966. The Morgan fingerprint density at radius 2 is 2.10 bits per heavy atom. The van der Waals surface area contributed by atoms with Crippen molar-refractivity contribution >= 4 is 31.8 Å². The first-order valence-electron chi connectivity index (χ1n) is 3.48. The van der Waals surface area contributed by atoms with Crippen molar-refractivity contribution in [3.05, 3.63) is 29.8 Å². The number of nitrogens with zero attached hydrogens (tertiary/aromatic N) is 1. The fourth-order valence-electron chi connectivity index (χ4n) is 1.36. The molecule has 0 spiro atoms. The summed E-state index contributed by atoms with van der Waals surface area (Å²) < 4.78 is 2.47. The topological polar surface area (TPSA) is 3.24 Å². The standard InChI is InChI=1S/C8H8N.Pb.H/c1-2-4-8-7(3-1)5-6-9-8;;/h1-4H,5-6H2;;/q-1;+1;. The third kappa shape index (κ3) is 0.962. The molecule has 0 saturated carbocycles. The average Bonchev–Trinajstić information content (AvgIpc) is 2.34. The maximum atomic E-state index is 2.47. The fourth-order valence-corrected chi connectivity index (χ4v) is 2.84. The van der Waals surface area contributed by atoms with E-state index in [1.165, 1.54) is 24.2 Å². The molecule has 1 aromatic carbocycles. The van der Waals surface area contributed by atoms with Gasteiger partial charge in [-0.25, -0.2) is 0 Å². The van der Waals surface area contributed by atoms with Crippen LogP contribution in [0.3, 0.4) is 0 Å². The SMILES string of the molecule is [PbH][N]1CCc2ccccc21. The van der Waals surface area contributed by atoms with Crippen LogP contribution in [0.5, 0.6) is 0 Å². The van der Waals surface area contributed by atoms with Crippen LogP contribution in [0.4, 0.5) is 5.69 Å². The Labute approximate surface area is 77.1 Å². The van der Waals surface area contributed by atoms with Gasteiger partial charge in [-0.1, -0.05) is 0 Å². The Balaban J connectivity index is 2.51. The summed E-state index contributed by atoms with van der Waals surface area (Å²) in [5.41, 5.74) is 3.01. The Bertz CT molecular complexity index is 247. The molecule has 1 aliphatic rings. The number of benzene rings is 1. The summed E-state index contributed by atoms with van der Waals surface area (Å²) in [4.78, 5) is 0. The summed E-state index contributed by atoms with van der Waals surface area (Å²) in [5.74, 6) is 0. The third-order valence-electron chi connectivity index (χ3n) is 1.92. The summed E-state index contributed by atoms with van der Waals surface area (Å²) in [5, 5.41) is 0. The van der Waals surface area contributed by atoms with Crippen molar-refractivity contribution < 1.29 is 0 Å². The zero-order valence-electron chi connectivity index (χ0n) is 5.75. The zero-order valence-corrected chi connectivity index (χ0v) is 10.2. The molecule has 0 atom stereocenters. The van der Waals surface area contributed by atoms with E-state index >= 15 is 0 Å². The fraction of sp³-hybridized carbons (Fsp3) is 0.250. The van der Waals surface area contributed by atoms with Crippen LogP contribution in [-0.4, -0.2) is 32.6 Å². The van der Waals surface area contributed by atoms with Crippen LogP contribution in [0.15, 0.2) is 24.3 Å². The van der Waals surface area contributed by atoms with Crippen LogP contribution in [-0.2, 0) is 6.42 Å². The minimum atomic E-state index is 0.966. The molecule has 0 saturated heterocycles. The van der Waals surface area contributed by atoms with Crippen LogP contribution < -0.4 is 2.71 Å². The third-order valence-corrected chi connectivity index (χ3v) is 4.01. The molecule has 0 unspecified atom stereocenters. The number of hydrogen-bond donors (Lipinski definition) is 0. The van der Waals surface area contributed by atoms with Crippen LogP contribution in [0.2, 0.25) is 0 Å². The average molecular weight is 326 g/mol. The number of para-hydroxylation sites is 1. The molecule has 0 bridgehead atoms. The van der Waals surface area contributed by atoms with Gasteiger partial charge in [0.1, 0.15) is 0 Å². The van der Waals surface area contributed by atoms with Crippen molar-refractivity contribution in [1.82, 2.24) is 0 Å². The van der Waals surface area contributed by atoms with Crippen molar-refractivity contribution in [2.45, 2.75) is 6.42 Å². The normalized spacial score (nSPS) is 15.5. The molecule has 0 aromatic heterocycles. The molecule has 1 heterocycles. The second kappa shape index (κ2) is 2.53. The zero-order chi connectivity index (χ0) is 6.97. The molecular formula is C8H9NPb. The Morgan fingerprint density at radius 3 is 2.90 bits per heavy atom. The van der Waals surface area contributed by atoms with E-state index in [1.807, 2.05) is 0 Å². The molecule has 0 amide bonds. The first kappa shape index (κ1) is 6.64. The predicted molar refractivity (Wildman–Crippen MR) is 44.6 cm³/mol. The Hall–Kier alpha value is -0.0579. The number of rotatable bonds is 0. The molecule has 0 fully saturated rings. The molecule has 2 radical (unpaired) electrons. The van der Waals surface area contributed by atoms with Gasteiger partial charge in [-0.05, 0) is 0 Å². The van der Waals surface area contributed by atoms with E-state index in [2.05, 4.69) is 27.0 Å². The number of anilines is 1. The van der Waals surface area contributed by atoms with E-state index in [0.717, 1.165) is 26.1 Å². The van der Waals surface area contributed by atoms with Crippen molar-refractivity contribution in [1.29, 1.82) is 0 Å². The van der Waals surface area contributed by atoms with Gasteiger partial charge in [-0.2, -0.15) is 0 Å². The van der Waals surface area contributed by atoms with Gasteiger partial charge in [-0.15, -0.1) is 0 Å². The summed E-state index contributed by atoms with van der Waals surface area (Å²) in [7, 11) is 0. The van der Waals surface area contributed by atoms with Gasteiger partial charge in [0.15, 0.2) is 0 Å². The van der Waals surface area contributed by atoms with E-state index in [-0.39, 0.29) is 0 Å². The molecule has 1 aliphatic heterocycles. The van der Waals surface area contributed by atoms with Gasteiger partial charge in [0.2, 0.25) is 0 Å². The van der Waals surface area contributed by atoms with Crippen LogP contribution >= 0.6 is 0 Å².